The second-order valence-electron chi connectivity index (χ2n) is 6.54. The van der Waals surface area contributed by atoms with Crippen molar-refractivity contribution in [2.24, 2.45) is 4.99 Å². The number of aromatic nitrogens is 4. The van der Waals surface area contributed by atoms with Crippen LogP contribution in [0.5, 0.6) is 0 Å². The van der Waals surface area contributed by atoms with Crippen LogP contribution in [-0.2, 0) is 0 Å². The molecule has 1 aromatic carbocycles. The predicted molar refractivity (Wildman–Crippen MR) is 92.6 cm³/mol. The number of hydrogen-bond acceptors (Lipinski definition) is 6. The van der Waals surface area contributed by atoms with Crippen molar-refractivity contribution in [3.05, 3.63) is 41.0 Å². The van der Waals surface area contributed by atoms with Crippen LogP contribution < -0.4 is 4.90 Å². The van der Waals surface area contributed by atoms with Crippen LogP contribution in [0.2, 0.25) is 5.02 Å². The van der Waals surface area contributed by atoms with Crippen molar-refractivity contribution in [1.82, 2.24) is 19.7 Å². The molecule has 124 valence electrons. The van der Waals surface area contributed by atoms with Crippen LogP contribution in [0.25, 0.3) is 17.2 Å². The number of aliphatic imine (C=N–C) groups is 1. The van der Waals surface area contributed by atoms with E-state index in [0.29, 0.717) is 16.8 Å². The Morgan fingerprint density at radius 2 is 2.16 bits per heavy atom. The lowest BCUT2D eigenvalue weighted by atomic mass is 10.1. The maximum absolute atomic E-state index is 6.20. The van der Waals surface area contributed by atoms with E-state index in [0.717, 1.165) is 60.4 Å². The zero-order chi connectivity index (χ0) is 16.5. The van der Waals surface area contributed by atoms with Gasteiger partial charge in [-0.2, -0.15) is 4.98 Å². The summed E-state index contributed by atoms with van der Waals surface area (Å²) < 4.78 is 7.48. The number of rotatable bonds is 2. The number of halogens is 1. The molecule has 2 aliphatic heterocycles. The van der Waals surface area contributed by atoms with Gasteiger partial charge in [-0.05, 0) is 31.0 Å². The minimum atomic E-state index is 0.423. The van der Waals surface area contributed by atoms with Crippen LogP contribution in [0.4, 0.5) is 5.82 Å². The van der Waals surface area contributed by atoms with Gasteiger partial charge in [0.25, 0.3) is 0 Å². The summed E-state index contributed by atoms with van der Waals surface area (Å²) in [5.41, 5.74) is 2.76. The average molecular weight is 353 g/mol. The number of benzene rings is 1. The SMILES string of the molecule is Clc1ccc2c(c1)C1=NCCN1c1c(-c3noc(C4CC4)n3)ncn1-2. The van der Waals surface area contributed by atoms with Crippen LogP contribution >= 0.6 is 11.6 Å². The standard InChI is InChI=1S/C17H13ClN6O/c18-10-3-4-12-11(7-10)15-19-5-6-23(15)17-13(20-8-24(12)17)14-21-16(25-22-14)9-1-2-9/h3-4,7-9H,1-2,5-6H2. The molecule has 0 bridgehead atoms. The third-order valence-corrected chi connectivity index (χ3v) is 5.11. The lowest BCUT2D eigenvalue weighted by Gasteiger charge is -2.29. The molecule has 1 saturated carbocycles. The molecule has 2 aromatic heterocycles. The van der Waals surface area contributed by atoms with Crippen molar-refractivity contribution in [2.75, 3.05) is 18.0 Å². The van der Waals surface area contributed by atoms with Gasteiger partial charge < -0.3 is 9.42 Å². The van der Waals surface area contributed by atoms with E-state index in [9.17, 15) is 0 Å². The number of fused-ring (bicyclic) bond motifs is 6. The summed E-state index contributed by atoms with van der Waals surface area (Å²) >= 11 is 6.20. The first kappa shape index (κ1) is 13.6. The molecule has 1 aliphatic carbocycles. The molecule has 0 amide bonds. The van der Waals surface area contributed by atoms with E-state index in [1.165, 1.54) is 0 Å². The summed E-state index contributed by atoms with van der Waals surface area (Å²) in [5, 5.41) is 4.86. The van der Waals surface area contributed by atoms with Crippen LogP contribution in [0.1, 0.15) is 30.2 Å². The first-order chi connectivity index (χ1) is 12.3. The Hall–Kier alpha value is -2.67. The molecule has 6 rings (SSSR count). The van der Waals surface area contributed by atoms with E-state index in [1.807, 2.05) is 18.2 Å². The summed E-state index contributed by atoms with van der Waals surface area (Å²) in [6.45, 7) is 1.54. The van der Waals surface area contributed by atoms with Gasteiger partial charge in [-0.15, -0.1) is 0 Å². The Labute approximate surface area is 147 Å². The highest BCUT2D eigenvalue weighted by Gasteiger charge is 2.36. The normalized spacial score (nSPS) is 18.0. The second-order valence-corrected chi connectivity index (χ2v) is 6.97. The third kappa shape index (κ3) is 1.87. The molecule has 3 aliphatic rings. The van der Waals surface area contributed by atoms with Crippen LogP contribution in [0.3, 0.4) is 0 Å². The fourth-order valence-corrected chi connectivity index (χ4v) is 3.71. The van der Waals surface area contributed by atoms with Gasteiger partial charge in [-0.1, -0.05) is 16.8 Å². The molecule has 4 heterocycles. The second kappa shape index (κ2) is 4.70. The molecule has 7 nitrogen and oxygen atoms in total. The van der Waals surface area contributed by atoms with Gasteiger partial charge in [0.1, 0.15) is 12.2 Å². The summed E-state index contributed by atoms with van der Waals surface area (Å²) in [6.07, 6.45) is 4.06. The molecular formula is C17H13ClN6O. The van der Waals surface area contributed by atoms with Crippen molar-refractivity contribution in [3.63, 3.8) is 0 Å². The highest BCUT2D eigenvalue weighted by Crippen LogP contribution is 2.42. The summed E-state index contributed by atoms with van der Waals surface area (Å²) in [5.74, 6) is 3.55. The quantitative estimate of drug-likeness (QED) is 0.708. The Balaban J connectivity index is 1.56. The van der Waals surface area contributed by atoms with Gasteiger partial charge in [0.05, 0.1) is 12.2 Å². The van der Waals surface area contributed by atoms with E-state index in [2.05, 4.69) is 29.6 Å². The monoisotopic (exact) mass is 352 g/mol. The van der Waals surface area contributed by atoms with Crippen LogP contribution in [-0.4, -0.2) is 38.6 Å². The fourth-order valence-electron chi connectivity index (χ4n) is 3.54. The van der Waals surface area contributed by atoms with E-state index >= 15 is 0 Å². The Bertz CT molecular complexity index is 1050. The van der Waals surface area contributed by atoms with Gasteiger partial charge in [0, 0.05) is 23.0 Å². The highest BCUT2D eigenvalue weighted by atomic mass is 35.5. The third-order valence-electron chi connectivity index (χ3n) is 4.88. The molecule has 0 saturated heterocycles. The number of imidazole rings is 1. The first-order valence-corrected chi connectivity index (χ1v) is 8.71. The lowest BCUT2D eigenvalue weighted by molar-refractivity contribution is 0.380. The van der Waals surface area contributed by atoms with Gasteiger partial charge in [-0.25, -0.2) is 4.98 Å². The minimum Gasteiger partial charge on any atom is -0.339 e. The average Bonchev–Trinajstić information content (AvgIpc) is 3.04. The van der Waals surface area contributed by atoms with Crippen LogP contribution in [0, 0.1) is 0 Å². The van der Waals surface area contributed by atoms with E-state index in [-0.39, 0.29) is 0 Å². The van der Waals surface area contributed by atoms with Crippen molar-refractivity contribution in [3.8, 4) is 17.2 Å². The van der Waals surface area contributed by atoms with E-state index in [1.54, 1.807) is 6.33 Å². The van der Waals surface area contributed by atoms with Crippen molar-refractivity contribution < 1.29 is 4.52 Å². The Kier molecular flexibility index (Phi) is 2.55. The van der Waals surface area contributed by atoms with Crippen molar-refractivity contribution in [2.45, 2.75) is 18.8 Å². The highest BCUT2D eigenvalue weighted by molar-refractivity contribution is 6.31. The summed E-state index contributed by atoms with van der Waals surface area (Å²) in [6, 6.07) is 5.83. The molecule has 3 aromatic rings. The largest absolute Gasteiger partial charge is 0.339 e. The Morgan fingerprint density at radius 3 is 3.04 bits per heavy atom. The maximum Gasteiger partial charge on any atom is 0.230 e. The van der Waals surface area contributed by atoms with Crippen molar-refractivity contribution >= 4 is 23.3 Å². The van der Waals surface area contributed by atoms with Crippen LogP contribution in [0.15, 0.2) is 34.0 Å². The van der Waals surface area contributed by atoms with E-state index < -0.39 is 0 Å². The zero-order valence-electron chi connectivity index (χ0n) is 13.2. The van der Waals surface area contributed by atoms with Gasteiger partial charge in [0.15, 0.2) is 11.5 Å². The summed E-state index contributed by atoms with van der Waals surface area (Å²) in [4.78, 5) is 16.0. The number of amidine groups is 1. The molecule has 0 atom stereocenters. The van der Waals surface area contributed by atoms with Gasteiger partial charge in [-0.3, -0.25) is 9.56 Å². The van der Waals surface area contributed by atoms with Crippen molar-refractivity contribution in [1.29, 1.82) is 0 Å². The predicted octanol–water partition coefficient (Wildman–Crippen LogP) is 3.03. The zero-order valence-corrected chi connectivity index (χ0v) is 13.9. The minimum absolute atomic E-state index is 0.423. The Morgan fingerprint density at radius 1 is 1.24 bits per heavy atom. The molecule has 0 N–H and O–H groups in total. The van der Waals surface area contributed by atoms with E-state index in [4.69, 9.17) is 16.1 Å². The molecule has 0 unspecified atom stereocenters. The first-order valence-electron chi connectivity index (χ1n) is 8.33. The number of nitrogens with zero attached hydrogens (tertiary/aromatic N) is 6. The topological polar surface area (TPSA) is 72.3 Å². The lowest BCUT2D eigenvalue weighted by Crippen LogP contribution is -2.34. The smallest absolute Gasteiger partial charge is 0.230 e. The van der Waals surface area contributed by atoms with Gasteiger partial charge in [0.2, 0.25) is 11.7 Å². The molecule has 25 heavy (non-hydrogen) atoms. The molecule has 0 spiro atoms. The van der Waals surface area contributed by atoms with Gasteiger partial charge >= 0.3 is 0 Å². The molecule has 8 heteroatoms. The number of hydrogen-bond donors (Lipinski definition) is 0. The fraction of sp³-hybridized carbons (Fsp3) is 0.294. The number of anilines is 1. The molecular weight excluding hydrogens is 340 g/mol. The molecule has 0 radical (unpaired) electrons. The molecule has 1 fully saturated rings. The maximum atomic E-state index is 6.20. The summed E-state index contributed by atoms with van der Waals surface area (Å²) in [7, 11) is 0.